The van der Waals surface area contributed by atoms with Crippen molar-refractivity contribution < 1.29 is 4.42 Å². The molecule has 0 saturated carbocycles. The normalized spacial score (nSPS) is 10.3. The first-order chi connectivity index (χ1) is 8.79. The van der Waals surface area contributed by atoms with Crippen LogP contribution in [0.4, 0.5) is 11.8 Å². The van der Waals surface area contributed by atoms with E-state index in [4.69, 9.17) is 4.42 Å². The molecule has 0 aliphatic carbocycles. The molecule has 0 aliphatic rings. The molecule has 0 unspecified atom stereocenters. The average molecular weight is 311 g/mol. The van der Waals surface area contributed by atoms with Crippen molar-refractivity contribution in [3.8, 4) is 0 Å². The minimum atomic E-state index is 0.626. The zero-order chi connectivity index (χ0) is 12.8. The third kappa shape index (κ3) is 3.46. The maximum absolute atomic E-state index is 5.27. The van der Waals surface area contributed by atoms with Crippen molar-refractivity contribution in [1.82, 2.24) is 9.97 Å². The van der Waals surface area contributed by atoms with Gasteiger partial charge in [-0.3, -0.25) is 0 Å². The summed E-state index contributed by atoms with van der Waals surface area (Å²) in [5.41, 5.74) is 0. The topological polar surface area (TPSA) is 63.0 Å². The largest absolute Gasteiger partial charge is 0.469 e. The van der Waals surface area contributed by atoms with Crippen molar-refractivity contribution in [3.05, 3.63) is 34.8 Å². The third-order valence-corrected chi connectivity index (χ3v) is 2.90. The van der Waals surface area contributed by atoms with Crippen LogP contribution in [-0.4, -0.2) is 23.1 Å². The van der Waals surface area contributed by atoms with Crippen LogP contribution in [0.5, 0.6) is 0 Å². The van der Waals surface area contributed by atoms with Gasteiger partial charge in [-0.15, -0.1) is 0 Å². The van der Waals surface area contributed by atoms with Gasteiger partial charge in [0.15, 0.2) is 0 Å². The molecule has 0 bridgehead atoms. The molecular formula is C12H15BrN4O. The number of nitrogens with one attached hydrogen (secondary N) is 2. The Kier molecular flexibility index (Phi) is 4.58. The monoisotopic (exact) mass is 310 g/mol. The summed E-state index contributed by atoms with van der Waals surface area (Å²) in [7, 11) is 0. The van der Waals surface area contributed by atoms with Gasteiger partial charge in [0.05, 0.1) is 10.7 Å². The molecular weight excluding hydrogens is 296 g/mol. The Morgan fingerprint density at radius 1 is 1.39 bits per heavy atom. The molecule has 18 heavy (non-hydrogen) atoms. The summed E-state index contributed by atoms with van der Waals surface area (Å²) in [6.07, 6.45) is 4.24. The zero-order valence-electron chi connectivity index (χ0n) is 10.1. The van der Waals surface area contributed by atoms with Crippen LogP contribution in [0.15, 0.2) is 33.5 Å². The fourth-order valence-electron chi connectivity index (χ4n) is 1.49. The SMILES string of the molecule is CCNc1ncc(Br)c(NCCc2ccco2)n1. The van der Waals surface area contributed by atoms with E-state index in [-0.39, 0.29) is 0 Å². The van der Waals surface area contributed by atoms with Gasteiger partial charge in [-0.25, -0.2) is 4.98 Å². The molecule has 0 atom stereocenters. The van der Waals surface area contributed by atoms with Crippen molar-refractivity contribution >= 4 is 27.7 Å². The van der Waals surface area contributed by atoms with Crippen LogP contribution in [0.2, 0.25) is 0 Å². The standard InChI is InChI=1S/C12H15BrN4O/c1-2-14-12-16-8-10(13)11(17-12)15-6-5-9-4-3-7-18-9/h3-4,7-8H,2,5-6H2,1H3,(H2,14,15,16,17). The molecule has 2 aromatic heterocycles. The molecule has 5 nitrogen and oxygen atoms in total. The van der Waals surface area contributed by atoms with Gasteiger partial charge in [0.1, 0.15) is 11.6 Å². The Morgan fingerprint density at radius 2 is 2.28 bits per heavy atom. The summed E-state index contributed by atoms with van der Waals surface area (Å²) in [4.78, 5) is 8.53. The second-order valence-corrected chi connectivity index (χ2v) is 4.53. The maximum Gasteiger partial charge on any atom is 0.224 e. The van der Waals surface area contributed by atoms with Gasteiger partial charge in [-0.05, 0) is 35.0 Å². The first kappa shape index (κ1) is 12.9. The van der Waals surface area contributed by atoms with Crippen molar-refractivity contribution in [1.29, 1.82) is 0 Å². The van der Waals surface area contributed by atoms with Crippen molar-refractivity contribution in [2.24, 2.45) is 0 Å². The van der Waals surface area contributed by atoms with Gasteiger partial charge < -0.3 is 15.1 Å². The highest BCUT2D eigenvalue weighted by atomic mass is 79.9. The smallest absolute Gasteiger partial charge is 0.224 e. The van der Waals surface area contributed by atoms with Gasteiger partial charge in [0.25, 0.3) is 0 Å². The van der Waals surface area contributed by atoms with E-state index in [0.717, 1.165) is 35.6 Å². The van der Waals surface area contributed by atoms with Gasteiger partial charge in [-0.2, -0.15) is 4.98 Å². The van der Waals surface area contributed by atoms with Gasteiger partial charge in [0.2, 0.25) is 5.95 Å². The highest BCUT2D eigenvalue weighted by molar-refractivity contribution is 9.10. The van der Waals surface area contributed by atoms with E-state index in [1.807, 2.05) is 19.1 Å². The summed E-state index contributed by atoms with van der Waals surface area (Å²) < 4.78 is 6.12. The summed E-state index contributed by atoms with van der Waals surface area (Å²) in [5.74, 6) is 2.37. The molecule has 0 spiro atoms. The molecule has 2 rings (SSSR count). The fraction of sp³-hybridized carbons (Fsp3) is 0.333. The molecule has 6 heteroatoms. The number of halogens is 1. The quantitative estimate of drug-likeness (QED) is 0.859. The van der Waals surface area contributed by atoms with Crippen LogP contribution in [0, 0.1) is 0 Å². The van der Waals surface area contributed by atoms with E-state index in [2.05, 4.69) is 36.5 Å². The van der Waals surface area contributed by atoms with Crippen LogP contribution >= 0.6 is 15.9 Å². The van der Waals surface area contributed by atoms with Crippen molar-refractivity contribution in [2.45, 2.75) is 13.3 Å². The summed E-state index contributed by atoms with van der Waals surface area (Å²) in [6, 6.07) is 3.85. The number of rotatable bonds is 6. The maximum atomic E-state index is 5.27. The van der Waals surface area contributed by atoms with Gasteiger partial charge in [-0.1, -0.05) is 0 Å². The zero-order valence-corrected chi connectivity index (χ0v) is 11.7. The molecule has 96 valence electrons. The van der Waals surface area contributed by atoms with Crippen molar-refractivity contribution in [3.63, 3.8) is 0 Å². The van der Waals surface area contributed by atoms with E-state index in [0.29, 0.717) is 5.95 Å². The highest BCUT2D eigenvalue weighted by Crippen LogP contribution is 2.20. The van der Waals surface area contributed by atoms with E-state index < -0.39 is 0 Å². The van der Waals surface area contributed by atoms with Crippen LogP contribution in [0.1, 0.15) is 12.7 Å². The number of anilines is 2. The lowest BCUT2D eigenvalue weighted by Gasteiger charge is -2.08. The molecule has 2 heterocycles. The van der Waals surface area contributed by atoms with E-state index >= 15 is 0 Å². The lowest BCUT2D eigenvalue weighted by atomic mass is 10.3. The molecule has 0 fully saturated rings. The minimum Gasteiger partial charge on any atom is -0.469 e. The fourth-order valence-corrected chi connectivity index (χ4v) is 1.82. The first-order valence-corrected chi connectivity index (χ1v) is 6.61. The Morgan fingerprint density at radius 3 is 3.00 bits per heavy atom. The van der Waals surface area contributed by atoms with E-state index in [1.54, 1.807) is 12.5 Å². The number of aromatic nitrogens is 2. The van der Waals surface area contributed by atoms with Crippen LogP contribution in [0.25, 0.3) is 0 Å². The van der Waals surface area contributed by atoms with Gasteiger partial charge in [0, 0.05) is 25.7 Å². The molecule has 0 aliphatic heterocycles. The van der Waals surface area contributed by atoms with E-state index in [1.165, 1.54) is 0 Å². The molecule has 0 saturated heterocycles. The number of hydrogen-bond acceptors (Lipinski definition) is 5. The Bertz CT molecular complexity index is 487. The average Bonchev–Trinajstić information content (AvgIpc) is 2.86. The Hall–Kier alpha value is -1.56. The second-order valence-electron chi connectivity index (χ2n) is 3.68. The number of hydrogen-bond donors (Lipinski definition) is 2. The Labute approximate surface area is 114 Å². The molecule has 2 aromatic rings. The lowest BCUT2D eigenvalue weighted by Crippen LogP contribution is -2.09. The van der Waals surface area contributed by atoms with Crippen molar-refractivity contribution in [2.75, 3.05) is 23.7 Å². The molecule has 0 aromatic carbocycles. The Balaban J connectivity index is 1.93. The molecule has 0 radical (unpaired) electrons. The van der Waals surface area contributed by atoms with Crippen LogP contribution in [0.3, 0.4) is 0 Å². The minimum absolute atomic E-state index is 0.626. The highest BCUT2D eigenvalue weighted by Gasteiger charge is 2.04. The second kappa shape index (κ2) is 6.39. The summed E-state index contributed by atoms with van der Waals surface area (Å²) >= 11 is 3.42. The lowest BCUT2D eigenvalue weighted by molar-refractivity contribution is 0.513. The third-order valence-electron chi connectivity index (χ3n) is 2.32. The van der Waals surface area contributed by atoms with Gasteiger partial charge >= 0.3 is 0 Å². The molecule has 0 amide bonds. The summed E-state index contributed by atoms with van der Waals surface area (Å²) in [6.45, 7) is 3.57. The number of nitrogens with zero attached hydrogens (tertiary/aromatic N) is 2. The first-order valence-electron chi connectivity index (χ1n) is 5.82. The van der Waals surface area contributed by atoms with E-state index in [9.17, 15) is 0 Å². The predicted octanol–water partition coefficient (Wildman–Crippen LogP) is 2.92. The predicted molar refractivity (Wildman–Crippen MR) is 74.8 cm³/mol. The number of furan rings is 1. The summed E-state index contributed by atoms with van der Waals surface area (Å²) in [5, 5.41) is 6.33. The van der Waals surface area contributed by atoms with Crippen LogP contribution < -0.4 is 10.6 Å². The molecule has 2 N–H and O–H groups in total. The van der Waals surface area contributed by atoms with Crippen LogP contribution in [-0.2, 0) is 6.42 Å².